The Hall–Kier alpha value is -0.0400. The number of likely N-dealkylation sites (tertiary alicyclic amines) is 1. The first kappa shape index (κ1) is 20.0. The zero-order chi connectivity index (χ0) is 14.8. The van der Waals surface area contributed by atoms with E-state index in [2.05, 4.69) is 20.5 Å². The van der Waals surface area contributed by atoms with Crippen molar-refractivity contribution in [3.8, 4) is 0 Å². The molecule has 0 bridgehead atoms. The third-order valence-corrected chi connectivity index (χ3v) is 4.92. The molecule has 0 aromatic heterocycles. The fourth-order valence-corrected chi connectivity index (χ4v) is 3.63. The Labute approximate surface area is 153 Å². The molecule has 2 fully saturated rings. The molecule has 1 aliphatic heterocycles. The molecule has 4 nitrogen and oxygen atoms in total. The number of halogens is 1. The highest BCUT2D eigenvalue weighted by Gasteiger charge is 2.14. The van der Waals surface area contributed by atoms with Crippen LogP contribution >= 0.6 is 24.0 Å². The van der Waals surface area contributed by atoms with E-state index in [0.717, 1.165) is 25.0 Å². The number of aliphatic imine (C=N–C) groups is 1. The monoisotopic (exact) mass is 422 g/mol. The van der Waals surface area contributed by atoms with Crippen molar-refractivity contribution in [1.29, 1.82) is 0 Å². The molecule has 2 aliphatic rings. The Morgan fingerprint density at radius 3 is 2.27 bits per heavy atom. The third kappa shape index (κ3) is 7.99. The van der Waals surface area contributed by atoms with Gasteiger partial charge in [-0.15, -0.1) is 24.0 Å². The molecule has 0 spiro atoms. The Morgan fingerprint density at radius 2 is 1.64 bits per heavy atom. The summed E-state index contributed by atoms with van der Waals surface area (Å²) in [7, 11) is 1.87. The Balaban J connectivity index is 0.00000242. The minimum atomic E-state index is 0. The third-order valence-electron chi connectivity index (χ3n) is 4.92. The molecular weight excluding hydrogens is 387 g/mol. The molecule has 5 heteroatoms. The fraction of sp³-hybridized carbons (Fsp3) is 0.941. The largest absolute Gasteiger partial charge is 0.356 e. The maximum Gasteiger partial charge on any atom is 0.190 e. The van der Waals surface area contributed by atoms with Crippen molar-refractivity contribution in [2.45, 2.75) is 57.8 Å². The van der Waals surface area contributed by atoms with E-state index in [1.54, 1.807) is 0 Å². The highest BCUT2D eigenvalue weighted by atomic mass is 127. The van der Waals surface area contributed by atoms with Crippen molar-refractivity contribution in [3.05, 3.63) is 0 Å². The lowest BCUT2D eigenvalue weighted by molar-refractivity contribution is 0.334. The molecule has 0 aromatic rings. The number of guanidine groups is 1. The Bertz CT molecular complexity index is 271. The number of nitrogens with zero attached hydrogens (tertiary/aromatic N) is 2. The van der Waals surface area contributed by atoms with Gasteiger partial charge in [0.2, 0.25) is 0 Å². The predicted molar refractivity (Wildman–Crippen MR) is 106 cm³/mol. The first-order valence-corrected chi connectivity index (χ1v) is 9.05. The zero-order valence-corrected chi connectivity index (χ0v) is 16.6. The van der Waals surface area contributed by atoms with Gasteiger partial charge in [-0.05, 0) is 57.7 Å². The average molecular weight is 422 g/mol. The molecule has 1 aliphatic carbocycles. The van der Waals surface area contributed by atoms with Gasteiger partial charge in [-0.2, -0.15) is 0 Å². The molecule has 2 N–H and O–H groups in total. The van der Waals surface area contributed by atoms with E-state index in [4.69, 9.17) is 0 Å². The van der Waals surface area contributed by atoms with Gasteiger partial charge in [-0.25, -0.2) is 0 Å². The summed E-state index contributed by atoms with van der Waals surface area (Å²) in [5.41, 5.74) is 0. The van der Waals surface area contributed by atoms with Crippen molar-refractivity contribution in [2.24, 2.45) is 10.9 Å². The van der Waals surface area contributed by atoms with Gasteiger partial charge in [-0.3, -0.25) is 4.99 Å². The topological polar surface area (TPSA) is 39.7 Å². The van der Waals surface area contributed by atoms with Gasteiger partial charge < -0.3 is 15.5 Å². The molecule has 1 heterocycles. The summed E-state index contributed by atoms with van der Waals surface area (Å²) < 4.78 is 0. The van der Waals surface area contributed by atoms with Gasteiger partial charge in [0.25, 0.3) is 0 Å². The van der Waals surface area contributed by atoms with Crippen molar-refractivity contribution >= 4 is 29.9 Å². The maximum absolute atomic E-state index is 4.31. The fourth-order valence-electron chi connectivity index (χ4n) is 3.63. The van der Waals surface area contributed by atoms with Crippen LogP contribution in [0.2, 0.25) is 0 Å². The molecule has 130 valence electrons. The summed E-state index contributed by atoms with van der Waals surface area (Å²) in [5.74, 6) is 1.98. The van der Waals surface area contributed by atoms with E-state index in [9.17, 15) is 0 Å². The molecule has 0 radical (unpaired) electrons. The van der Waals surface area contributed by atoms with Gasteiger partial charge in [0.15, 0.2) is 5.96 Å². The van der Waals surface area contributed by atoms with Crippen molar-refractivity contribution in [3.63, 3.8) is 0 Å². The van der Waals surface area contributed by atoms with Crippen LogP contribution in [0.1, 0.15) is 57.8 Å². The molecular formula is C17H35IN4. The highest BCUT2D eigenvalue weighted by Crippen LogP contribution is 2.28. The SMILES string of the molecule is CN=C(NCCCC1CCCC1)NCCCN1CCCC1.I. The molecule has 0 atom stereocenters. The zero-order valence-electron chi connectivity index (χ0n) is 14.3. The van der Waals surface area contributed by atoms with E-state index in [-0.39, 0.29) is 24.0 Å². The quantitative estimate of drug-likeness (QED) is 0.273. The van der Waals surface area contributed by atoms with E-state index in [1.165, 1.54) is 77.4 Å². The van der Waals surface area contributed by atoms with E-state index in [1.807, 2.05) is 7.05 Å². The molecule has 0 aromatic carbocycles. The molecule has 22 heavy (non-hydrogen) atoms. The lowest BCUT2D eigenvalue weighted by Gasteiger charge is -2.16. The molecule has 1 saturated carbocycles. The van der Waals surface area contributed by atoms with Crippen LogP contribution < -0.4 is 10.6 Å². The average Bonchev–Trinajstić information content (AvgIpc) is 3.19. The van der Waals surface area contributed by atoms with E-state index < -0.39 is 0 Å². The second-order valence-corrected chi connectivity index (χ2v) is 6.62. The van der Waals surface area contributed by atoms with Crippen LogP contribution in [0, 0.1) is 5.92 Å². The van der Waals surface area contributed by atoms with Crippen molar-refractivity contribution in [1.82, 2.24) is 15.5 Å². The number of rotatable bonds is 8. The van der Waals surface area contributed by atoms with Gasteiger partial charge in [0, 0.05) is 20.1 Å². The smallest absolute Gasteiger partial charge is 0.190 e. The van der Waals surface area contributed by atoms with Crippen molar-refractivity contribution < 1.29 is 0 Å². The summed E-state index contributed by atoms with van der Waals surface area (Å²) in [6.45, 7) is 5.91. The summed E-state index contributed by atoms with van der Waals surface area (Å²) >= 11 is 0. The molecule has 0 unspecified atom stereocenters. The summed E-state index contributed by atoms with van der Waals surface area (Å²) in [4.78, 5) is 6.88. The van der Waals surface area contributed by atoms with E-state index >= 15 is 0 Å². The number of nitrogens with one attached hydrogen (secondary N) is 2. The van der Waals surface area contributed by atoms with Crippen LogP contribution in [0.15, 0.2) is 4.99 Å². The summed E-state index contributed by atoms with van der Waals surface area (Å²) in [6, 6.07) is 0. The first-order valence-electron chi connectivity index (χ1n) is 9.05. The summed E-state index contributed by atoms with van der Waals surface area (Å²) in [6.07, 6.45) is 12.5. The molecule has 0 amide bonds. The van der Waals surface area contributed by atoms with Crippen LogP contribution in [0.4, 0.5) is 0 Å². The second kappa shape index (κ2) is 12.4. The lowest BCUT2D eigenvalue weighted by Crippen LogP contribution is -2.39. The molecule has 1 saturated heterocycles. The maximum atomic E-state index is 4.31. The number of hydrogen-bond acceptors (Lipinski definition) is 2. The lowest BCUT2D eigenvalue weighted by atomic mass is 10.0. The highest BCUT2D eigenvalue weighted by molar-refractivity contribution is 14.0. The van der Waals surface area contributed by atoms with Crippen LogP contribution in [-0.4, -0.2) is 50.6 Å². The second-order valence-electron chi connectivity index (χ2n) is 6.62. The van der Waals surface area contributed by atoms with Gasteiger partial charge in [0.05, 0.1) is 0 Å². The van der Waals surface area contributed by atoms with Gasteiger partial charge in [0.1, 0.15) is 0 Å². The van der Waals surface area contributed by atoms with E-state index in [0.29, 0.717) is 0 Å². The molecule has 2 rings (SSSR count). The van der Waals surface area contributed by atoms with Crippen LogP contribution in [-0.2, 0) is 0 Å². The minimum Gasteiger partial charge on any atom is -0.356 e. The number of hydrogen-bond donors (Lipinski definition) is 2. The van der Waals surface area contributed by atoms with Gasteiger partial charge in [-0.1, -0.05) is 25.7 Å². The standard InChI is InChI=1S/C17H34N4.HI/c1-18-17(19-11-6-10-16-8-2-3-9-16)20-12-7-15-21-13-4-5-14-21;/h16H,2-15H2,1H3,(H2,18,19,20);1H. The predicted octanol–water partition coefficient (Wildman–Crippen LogP) is 3.23. The van der Waals surface area contributed by atoms with Gasteiger partial charge >= 0.3 is 0 Å². The first-order chi connectivity index (χ1) is 10.4. The minimum absolute atomic E-state index is 0. The van der Waals surface area contributed by atoms with Crippen LogP contribution in [0.3, 0.4) is 0 Å². The van der Waals surface area contributed by atoms with Crippen LogP contribution in [0.25, 0.3) is 0 Å². The Kier molecular flexibility index (Phi) is 11.3. The van der Waals surface area contributed by atoms with Crippen LogP contribution in [0.5, 0.6) is 0 Å². The Morgan fingerprint density at radius 1 is 1.00 bits per heavy atom. The van der Waals surface area contributed by atoms with Crippen molar-refractivity contribution in [2.75, 3.05) is 39.8 Å². The summed E-state index contributed by atoms with van der Waals surface area (Å²) in [5, 5.41) is 6.88. The normalized spacial score (nSPS) is 20.1.